The maximum absolute atomic E-state index is 10.7. The molecule has 0 amide bonds. The van der Waals surface area contributed by atoms with Gasteiger partial charge >= 0.3 is 0 Å². The van der Waals surface area contributed by atoms with E-state index in [4.69, 9.17) is 10.5 Å². The normalized spacial score (nSPS) is 10.1. The van der Waals surface area contributed by atoms with E-state index in [2.05, 4.69) is 4.98 Å². The third-order valence-electron chi connectivity index (χ3n) is 2.31. The highest BCUT2D eigenvalue weighted by molar-refractivity contribution is 5.54. The molecule has 0 atom stereocenters. The van der Waals surface area contributed by atoms with Crippen LogP contribution in [0, 0.1) is 17.0 Å². The molecule has 0 saturated heterocycles. The van der Waals surface area contributed by atoms with E-state index in [-0.39, 0.29) is 11.4 Å². The number of nitro benzene ring substituents is 1. The third kappa shape index (κ3) is 2.54. The Kier molecular flexibility index (Phi) is 3.09. The zero-order valence-corrected chi connectivity index (χ0v) is 9.66. The Morgan fingerprint density at radius 3 is 2.83 bits per heavy atom. The number of hydrogen-bond donors (Lipinski definition) is 1. The largest absolute Gasteiger partial charge is 0.455 e. The summed E-state index contributed by atoms with van der Waals surface area (Å²) in [5.41, 5.74) is 6.46. The molecule has 1 aromatic heterocycles. The number of aromatic nitrogens is 1. The highest BCUT2D eigenvalue weighted by Crippen LogP contribution is 2.29. The summed E-state index contributed by atoms with van der Waals surface area (Å²) in [6, 6.07) is 7.59. The van der Waals surface area contributed by atoms with Crippen LogP contribution in [0.2, 0.25) is 0 Å². The maximum Gasteiger partial charge on any atom is 0.275 e. The molecule has 0 aliphatic rings. The van der Waals surface area contributed by atoms with Gasteiger partial charge < -0.3 is 10.5 Å². The van der Waals surface area contributed by atoms with E-state index in [9.17, 15) is 10.1 Å². The van der Waals surface area contributed by atoms with Crippen LogP contribution in [0.25, 0.3) is 0 Å². The topological polar surface area (TPSA) is 91.3 Å². The van der Waals surface area contributed by atoms with Gasteiger partial charge in [-0.3, -0.25) is 15.1 Å². The van der Waals surface area contributed by atoms with Gasteiger partial charge in [0.25, 0.3) is 5.69 Å². The van der Waals surface area contributed by atoms with Crippen molar-refractivity contribution < 1.29 is 9.66 Å². The number of benzene rings is 1. The lowest BCUT2D eigenvalue weighted by molar-refractivity contribution is -0.384. The van der Waals surface area contributed by atoms with E-state index >= 15 is 0 Å². The summed E-state index contributed by atoms with van der Waals surface area (Å²) in [5, 5.41) is 10.7. The van der Waals surface area contributed by atoms with Crippen LogP contribution in [-0.4, -0.2) is 9.91 Å². The predicted molar refractivity (Wildman–Crippen MR) is 66.6 cm³/mol. The SMILES string of the molecule is Cc1ncccc1Oc1cc(N)cc([N+](=O)[O-])c1. The van der Waals surface area contributed by atoms with Crippen molar-refractivity contribution in [3.63, 3.8) is 0 Å². The Hall–Kier alpha value is -2.63. The molecule has 1 heterocycles. The van der Waals surface area contributed by atoms with Gasteiger partial charge in [-0.05, 0) is 19.1 Å². The molecule has 0 radical (unpaired) electrons. The number of nitrogens with zero attached hydrogens (tertiary/aromatic N) is 2. The first-order chi connectivity index (χ1) is 8.56. The lowest BCUT2D eigenvalue weighted by atomic mass is 10.2. The summed E-state index contributed by atoms with van der Waals surface area (Å²) in [6.45, 7) is 1.79. The van der Waals surface area contributed by atoms with Crippen LogP contribution in [0.3, 0.4) is 0 Å². The van der Waals surface area contributed by atoms with E-state index in [0.717, 1.165) is 0 Å². The Balaban J connectivity index is 2.35. The van der Waals surface area contributed by atoms with Crippen molar-refractivity contribution in [3.05, 3.63) is 52.3 Å². The van der Waals surface area contributed by atoms with Crippen molar-refractivity contribution in [2.24, 2.45) is 0 Å². The number of ether oxygens (including phenoxy) is 1. The summed E-state index contributed by atoms with van der Waals surface area (Å²) < 4.78 is 5.53. The van der Waals surface area contributed by atoms with Gasteiger partial charge in [0.15, 0.2) is 0 Å². The van der Waals surface area contributed by atoms with E-state index in [1.54, 1.807) is 25.3 Å². The average molecular weight is 245 g/mol. The number of nitrogen functional groups attached to an aromatic ring is 1. The van der Waals surface area contributed by atoms with Gasteiger partial charge in [-0.1, -0.05) is 0 Å². The first kappa shape index (κ1) is 11.8. The molecule has 1 aromatic carbocycles. The molecule has 0 aliphatic heterocycles. The van der Waals surface area contributed by atoms with Gasteiger partial charge in [0.2, 0.25) is 0 Å². The molecule has 92 valence electrons. The third-order valence-corrected chi connectivity index (χ3v) is 2.31. The fourth-order valence-corrected chi connectivity index (χ4v) is 1.47. The average Bonchev–Trinajstić information content (AvgIpc) is 2.31. The Morgan fingerprint density at radius 2 is 2.17 bits per heavy atom. The standard InChI is InChI=1S/C12H11N3O3/c1-8-12(3-2-4-14-8)18-11-6-9(13)5-10(7-11)15(16)17/h2-7H,13H2,1H3. The molecular weight excluding hydrogens is 234 g/mol. The molecule has 0 bridgehead atoms. The second-order valence-corrected chi connectivity index (χ2v) is 3.71. The van der Waals surface area contributed by atoms with Crippen molar-refractivity contribution in [1.29, 1.82) is 0 Å². The zero-order chi connectivity index (χ0) is 13.1. The number of aryl methyl sites for hydroxylation is 1. The van der Waals surface area contributed by atoms with Gasteiger partial charge in [0.1, 0.15) is 11.5 Å². The first-order valence-corrected chi connectivity index (χ1v) is 5.20. The smallest absolute Gasteiger partial charge is 0.275 e. The summed E-state index contributed by atoms with van der Waals surface area (Å²) in [7, 11) is 0. The van der Waals surface area contributed by atoms with Crippen LogP contribution in [0.15, 0.2) is 36.5 Å². The molecule has 0 saturated carbocycles. The number of nitro groups is 1. The van der Waals surface area contributed by atoms with Crippen LogP contribution in [-0.2, 0) is 0 Å². The highest BCUT2D eigenvalue weighted by Gasteiger charge is 2.10. The quantitative estimate of drug-likeness (QED) is 0.510. The number of anilines is 1. The fourth-order valence-electron chi connectivity index (χ4n) is 1.47. The van der Waals surface area contributed by atoms with Crippen molar-refractivity contribution >= 4 is 11.4 Å². The Morgan fingerprint density at radius 1 is 1.39 bits per heavy atom. The van der Waals surface area contributed by atoms with Crippen molar-refractivity contribution in [2.75, 3.05) is 5.73 Å². The minimum Gasteiger partial charge on any atom is -0.455 e. The van der Waals surface area contributed by atoms with E-state index in [1.165, 1.54) is 18.2 Å². The van der Waals surface area contributed by atoms with E-state index in [1.807, 2.05) is 0 Å². The van der Waals surface area contributed by atoms with Crippen LogP contribution < -0.4 is 10.5 Å². The number of nitrogens with two attached hydrogens (primary N) is 1. The second kappa shape index (κ2) is 4.70. The van der Waals surface area contributed by atoms with Crippen LogP contribution in [0.4, 0.5) is 11.4 Å². The Bertz CT molecular complexity index is 599. The number of non-ortho nitro benzene ring substituents is 1. The van der Waals surface area contributed by atoms with Gasteiger partial charge in [0.05, 0.1) is 16.7 Å². The molecule has 2 aromatic rings. The molecule has 0 unspecified atom stereocenters. The lowest BCUT2D eigenvalue weighted by Gasteiger charge is -2.08. The highest BCUT2D eigenvalue weighted by atomic mass is 16.6. The van der Waals surface area contributed by atoms with Gasteiger partial charge in [-0.15, -0.1) is 0 Å². The predicted octanol–water partition coefficient (Wildman–Crippen LogP) is 2.67. The summed E-state index contributed by atoms with van der Waals surface area (Å²) in [4.78, 5) is 14.3. The van der Waals surface area contributed by atoms with Gasteiger partial charge in [-0.25, -0.2) is 0 Å². The van der Waals surface area contributed by atoms with Crippen molar-refractivity contribution in [3.8, 4) is 11.5 Å². The number of pyridine rings is 1. The second-order valence-electron chi connectivity index (χ2n) is 3.71. The maximum atomic E-state index is 10.7. The molecule has 2 rings (SSSR count). The molecular formula is C12H11N3O3. The summed E-state index contributed by atoms with van der Waals surface area (Å²) >= 11 is 0. The number of hydrogen-bond acceptors (Lipinski definition) is 5. The van der Waals surface area contributed by atoms with Crippen molar-refractivity contribution in [2.45, 2.75) is 6.92 Å². The molecule has 6 heteroatoms. The van der Waals surface area contributed by atoms with Crippen molar-refractivity contribution in [1.82, 2.24) is 4.98 Å². The molecule has 0 aliphatic carbocycles. The molecule has 18 heavy (non-hydrogen) atoms. The minimum absolute atomic E-state index is 0.105. The summed E-state index contributed by atoms with van der Waals surface area (Å²) in [6.07, 6.45) is 1.64. The number of rotatable bonds is 3. The summed E-state index contributed by atoms with van der Waals surface area (Å²) in [5.74, 6) is 0.857. The first-order valence-electron chi connectivity index (χ1n) is 5.20. The monoisotopic (exact) mass is 245 g/mol. The van der Waals surface area contributed by atoms with E-state index < -0.39 is 4.92 Å². The van der Waals surface area contributed by atoms with Crippen LogP contribution >= 0.6 is 0 Å². The molecule has 0 spiro atoms. The molecule has 0 fully saturated rings. The Labute approximate surface area is 103 Å². The zero-order valence-electron chi connectivity index (χ0n) is 9.66. The van der Waals surface area contributed by atoms with Crippen LogP contribution in [0.5, 0.6) is 11.5 Å². The molecule has 6 nitrogen and oxygen atoms in total. The molecule has 2 N–H and O–H groups in total. The lowest BCUT2D eigenvalue weighted by Crippen LogP contribution is -1.94. The van der Waals surface area contributed by atoms with Crippen LogP contribution in [0.1, 0.15) is 5.69 Å². The van der Waals surface area contributed by atoms with E-state index in [0.29, 0.717) is 17.2 Å². The minimum atomic E-state index is -0.515. The van der Waals surface area contributed by atoms with Gasteiger partial charge in [-0.2, -0.15) is 0 Å². The van der Waals surface area contributed by atoms with Gasteiger partial charge in [0, 0.05) is 24.0 Å². The fraction of sp³-hybridized carbons (Fsp3) is 0.0833.